The molecule has 134 valence electrons. The van der Waals surface area contributed by atoms with Crippen LogP contribution < -0.4 is 10.2 Å². The molecule has 1 aromatic carbocycles. The van der Waals surface area contributed by atoms with Gasteiger partial charge in [-0.05, 0) is 30.5 Å². The minimum absolute atomic E-state index is 0.0928. The third-order valence-electron chi connectivity index (χ3n) is 4.24. The summed E-state index contributed by atoms with van der Waals surface area (Å²) in [6, 6.07) is 8.69. The Morgan fingerprint density at radius 1 is 1.40 bits per heavy atom. The van der Waals surface area contributed by atoms with Gasteiger partial charge in [-0.2, -0.15) is 0 Å². The van der Waals surface area contributed by atoms with Gasteiger partial charge in [0.1, 0.15) is 0 Å². The highest BCUT2D eigenvalue weighted by Crippen LogP contribution is 2.27. The van der Waals surface area contributed by atoms with Crippen LogP contribution in [0, 0.1) is 0 Å². The van der Waals surface area contributed by atoms with Crippen LogP contribution in [0.1, 0.15) is 32.3 Å². The zero-order chi connectivity index (χ0) is 17.6. The average Bonchev–Trinajstić information content (AvgIpc) is 3.25. The van der Waals surface area contributed by atoms with Gasteiger partial charge in [-0.1, -0.05) is 26.0 Å². The fourth-order valence-corrected chi connectivity index (χ4v) is 4.67. The number of benzene rings is 1. The lowest BCUT2D eigenvalue weighted by Gasteiger charge is -2.24. The second-order valence-corrected chi connectivity index (χ2v) is 9.12. The largest absolute Gasteiger partial charge is 0.354 e. The highest BCUT2D eigenvalue weighted by atomic mass is 32.2. The van der Waals surface area contributed by atoms with E-state index in [-0.39, 0.29) is 5.91 Å². The summed E-state index contributed by atoms with van der Waals surface area (Å²) in [6.45, 7) is 6.09. The molecule has 0 aliphatic carbocycles. The molecule has 6 heteroatoms. The molecule has 0 radical (unpaired) electrons. The van der Waals surface area contributed by atoms with E-state index in [1.807, 2.05) is 23.3 Å². The third kappa shape index (κ3) is 5.22. The number of thioether (sulfide) groups is 1. The number of thiazole rings is 1. The number of hydrogen-bond acceptors (Lipinski definition) is 5. The van der Waals surface area contributed by atoms with E-state index in [9.17, 15) is 4.79 Å². The molecule has 1 aromatic heterocycles. The summed E-state index contributed by atoms with van der Waals surface area (Å²) < 4.78 is 0. The van der Waals surface area contributed by atoms with Gasteiger partial charge in [0.2, 0.25) is 5.91 Å². The molecule has 1 saturated heterocycles. The van der Waals surface area contributed by atoms with Gasteiger partial charge in [0.05, 0.1) is 6.42 Å². The Hall–Kier alpha value is -1.53. The molecule has 4 nitrogen and oxygen atoms in total. The van der Waals surface area contributed by atoms with E-state index in [2.05, 4.69) is 53.3 Å². The van der Waals surface area contributed by atoms with Crippen molar-refractivity contribution in [1.29, 1.82) is 0 Å². The third-order valence-corrected chi connectivity index (χ3v) is 6.06. The molecule has 0 unspecified atom stereocenters. The van der Waals surface area contributed by atoms with Crippen molar-refractivity contribution < 1.29 is 4.79 Å². The minimum Gasteiger partial charge on any atom is -0.354 e. The summed E-state index contributed by atoms with van der Waals surface area (Å²) >= 11 is 3.51. The van der Waals surface area contributed by atoms with E-state index in [0.717, 1.165) is 30.1 Å². The monoisotopic (exact) mass is 375 g/mol. The van der Waals surface area contributed by atoms with E-state index >= 15 is 0 Å². The highest BCUT2D eigenvalue weighted by molar-refractivity contribution is 7.99. The lowest BCUT2D eigenvalue weighted by Crippen LogP contribution is -2.40. The van der Waals surface area contributed by atoms with Crippen molar-refractivity contribution in [3.63, 3.8) is 0 Å². The predicted molar refractivity (Wildman–Crippen MR) is 107 cm³/mol. The lowest BCUT2D eigenvalue weighted by atomic mass is 10.1. The Kier molecular flexibility index (Phi) is 6.37. The van der Waals surface area contributed by atoms with Gasteiger partial charge in [0, 0.05) is 40.9 Å². The summed E-state index contributed by atoms with van der Waals surface area (Å²) in [6.07, 6.45) is 4.56. The number of carbonyl (C=O) groups is 1. The van der Waals surface area contributed by atoms with Crippen LogP contribution in [0.25, 0.3) is 0 Å². The molecule has 2 aromatic rings. The predicted octanol–water partition coefficient (Wildman–Crippen LogP) is 3.97. The minimum atomic E-state index is 0.0928. The first-order valence-electron chi connectivity index (χ1n) is 8.80. The van der Waals surface area contributed by atoms with Crippen molar-refractivity contribution in [2.75, 3.05) is 18.0 Å². The van der Waals surface area contributed by atoms with Crippen LogP contribution in [0.4, 0.5) is 5.13 Å². The number of aromatic nitrogens is 1. The molecule has 1 aliphatic heterocycles. The first kappa shape index (κ1) is 18.3. The molecule has 1 amide bonds. The van der Waals surface area contributed by atoms with Crippen molar-refractivity contribution in [1.82, 2.24) is 10.3 Å². The van der Waals surface area contributed by atoms with Crippen LogP contribution in [0.5, 0.6) is 0 Å². The summed E-state index contributed by atoms with van der Waals surface area (Å²) in [4.78, 5) is 20.3. The number of nitrogens with zero attached hydrogens (tertiary/aromatic N) is 2. The van der Waals surface area contributed by atoms with Crippen molar-refractivity contribution >= 4 is 34.1 Å². The zero-order valence-corrected chi connectivity index (χ0v) is 16.4. The van der Waals surface area contributed by atoms with Gasteiger partial charge in [0.15, 0.2) is 5.13 Å². The number of rotatable bonds is 7. The van der Waals surface area contributed by atoms with Gasteiger partial charge in [-0.15, -0.1) is 23.1 Å². The Bertz CT molecular complexity index is 670. The van der Waals surface area contributed by atoms with Gasteiger partial charge in [-0.25, -0.2) is 4.98 Å². The number of hydrogen-bond donors (Lipinski definition) is 1. The number of amides is 1. The quantitative estimate of drug-likeness (QED) is 0.744. The average molecular weight is 376 g/mol. The second kappa shape index (κ2) is 8.72. The fraction of sp³-hybridized carbons (Fsp3) is 0.474. The molecule has 0 spiro atoms. The van der Waals surface area contributed by atoms with Crippen molar-refractivity contribution in [3.05, 3.63) is 41.4 Å². The van der Waals surface area contributed by atoms with Crippen LogP contribution in [0.3, 0.4) is 0 Å². The zero-order valence-electron chi connectivity index (χ0n) is 14.8. The maximum absolute atomic E-state index is 12.3. The first-order valence-corrected chi connectivity index (χ1v) is 10.6. The molecule has 2 heterocycles. The Morgan fingerprint density at radius 2 is 2.20 bits per heavy atom. The first-order chi connectivity index (χ1) is 12.1. The van der Waals surface area contributed by atoms with Crippen molar-refractivity contribution in [2.45, 2.75) is 49.3 Å². The number of anilines is 1. The molecule has 1 fully saturated rings. The van der Waals surface area contributed by atoms with E-state index in [1.54, 1.807) is 11.3 Å². The lowest BCUT2D eigenvalue weighted by molar-refractivity contribution is -0.120. The summed E-state index contributed by atoms with van der Waals surface area (Å²) in [7, 11) is 0. The fourth-order valence-electron chi connectivity index (χ4n) is 3.10. The number of nitrogens with one attached hydrogen (secondary N) is 1. The van der Waals surface area contributed by atoms with Crippen LogP contribution in [-0.4, -0.2) is 35.3 Å². The number of carbonyl (C=O) groups excluding carboxylic acids is 1. The topological polar surface area (TPSA) is 45.2 Å². The molecule has 25 heavy (non-hydrogen) atoms. The van der Waals surface area contributed by atoms with E-state index in [0.29, 0.717) is 24.3 Å². The van der Waals surface area contributed by atoms with Crippen molar-refractivity contribution in [2.24, 2.45) is 0 Å². The molecular formula is C19H25N3OS2. The van der Waals surface area contributed by atoms with Gasteiger partial charge >= 0.3 is 0 Å². The summed E-state index contributed by atoms with van der Waals surface area (Å²) in [5, 5.41) is 6.74. The summed E-state index contributed by atoms with van der Waals surface area (Å²) in [5.74, 6) is 0.0928. The molecule has 3 rings (SSSR count). The van der Waals surface area contributed by atoms with Gasteiger partial charge < -0.3 is 10.2 Å². The van der Waals surface area contributed by atoms with Crippen LogP contribution in [-0.2, 0) is 11.2 Å². The van der Waals surface area contributed by atoms with E-state index < -0.39 is 0 Å². The Morgan fingerprint density at radius 3 is 2.88 bits per heavy atom. The van der Waals surface area contributed by atoms with Gasteiger partial charge in [-0.3, -0.25) is 4.79 Å². The van der Waals surface area contributed by atoms with Crippen LogP contribution >= 0.6 is 23.1 Å². The normalized spacial score (nSPS) is 17.2. The Balaban J connectivity index is 1.48. The van der Waals surface area contributed by atoms with E-state index in [1.165, 1.54) is 4.90 Å². The molecule has 0 bridgehead atoms. The standard InChI is InChI=1S/C19H25N3OS2/c1-14(2)25-17-7-5-15(6-8-17)12-18(23)21-13-16-4-3-10-22(16)19-20-9-11-24-19/h5-9,11,14,16H,3-4,10,12-13H2,1-2H3,(H,21,23)/t16-/m1/s1. The van der Waals surface area contributed by atoms with Crippen LogP contribution in [0.2, 0.25) is 0 Å². The molecular weight excluding hydrogens is 350 g/mol. The second-order valence-electron chi connectivity index (χ2n) is 6.60. The SMILES string of the molecule is CC(C)Sc1ccc(CC(=O)NC[C@H]2CCCN2c2nccs2)cc1. The molecule has 1 aliphatic rings. The smallest absolute Gasteiger partial charge is 0.224 e. The van der Waals surface area contributed by atoms with Crippen LogP contribution in [0.15, 0.2) is 40.7 Å². The molecule has 0 saturated carbocycles. The maximum atomic E-state index is 12.3. The molecule has 1 N–H and O–H groups in total. The van der Waals surface area contributed by atoms with Gasteiger partial charge in [0.25, 0.3) is 0 Å². The Labute approximate surface area is 158 Å². The van der Waals surface area contributed by atoms with Crippen molar-refractivity contribution in [3.8, 4) is 0 Å². The maximum Gasteiger partial charge on any atom is 0.224 e. The van der Waals surface area contributed by atoms with E-state index in [4.69, 9.17) is 0 Å². The molecule has 1 atom stereocenters. The summed E-state index contributed by atoms with van der Waals surface area (Å²) in [5.41, 5.74) is 1.06. The highest BCUT2D eigenvalue weighted by Gasteiger charge is 2.26.